The normalized spacial score (nSPS) is 19.1. The Morgan fingerprint density at radius 2 is 1.41 bits per heavy atom. The Hall–Kier alpha value is -0.0400. The zero-order valence-electron chi connectivity index (χ0n) is 18.9. The molecule has 0 rings (SSSR count). The second-order valence-corrected chi connectivity index (χ2v) is 11.9. The highest BCUT2D eigenvalue weighted by molar-refractivity contribution is 7.59. The number of halogens is 5. The summed E-state index contributed by atoms with van der Waals surface area (Å²) in [5.41, 5.74) is -7.57. The fourth-order valence-electron chi connectivity index (χ4n) is 3.34. The average Bonchev–Trinajstić information content (AvgIpc) is 2.49. The molecule has 0 aliphatic heterocycles. The third-order valence-corrected chi connectivity index (χ3v) is 7.43. The maximum Gasteiger partial charge on any atom is 0.410 e. The molecule has 0 fully saturated rings. The van der Waals surface area contributed by atoms with Crippen LogP contribution in [0.3, 0.4) is 0 Å². The van der Waals surface area contributed by atoms with Crippen molar-refractivity contribution in [2.75, 3.05) is 26.0 Å². The van der Waals surface area contributed by atoms with Crippen LogP contribution in [0.25, 0.3) is 0 Å². The molecule has 3 atom stereocenters. The first-order valence-electron chi connectivity index (χ1n) is 9.97. The van der Waals surface area contributed by atoms with Crippen molar-refractivity contribution in [3.05, 3.63) is 0 Å². The van der Waals surface area contributed by atoms with E-state index in [1.165, 1.54) is 6.92 Å². The summed E-state index contributed by atoms with van der Waals surface area (Å²) >= 11 is 0. The Morgan fingerprint density at radius 3 is 1.76 bits per heavy atom. The molecule has 0 aromatic rings. The highest BCUT2D eigenvalue weighted by Gasteiger charge is 2.62. The molecule has 3 nitrogen and oxygen atoms in total. The Bertz CT molecular complexity index is 493. The highest BCUT2D eigenvalue weighted by atomic mass is 31.1. The summed E-state index contributed by atoms with van der Waals surface area (Å²) in [6.45, 7) is 12.2. The van der Waals surface area contributed by atoms with Crippen molar-refractivity contribution < 1.29 is 36.5 Å². The van der Waals surface area contributed by atoms with Crippen LogP contribution in [0.15, 0.2) is 0 Å². The second kappa shape index (κ2) is 10.5. The lowest BCUT2D eigenvalue weighted by Crippen LogP contribution is -2.45. The number of rotatable bonds is 13. The molecule has 0 saturated heterocycles. The highest BCUT2D eigenvalue weighted by Crippen LogP contribution is 2.69. The molecule has 0 aliphatic carbocycles. The van der Waals surface area contributed by atoms with Gasteiger partial charge in [-0.3, -0.25) is 0 Å². The van der Waals surface area contributed by atoms with Gasteiger partial charge >= 0.3 is 5.92 Å². The van der Waals surface area contributed by atoms with Gasteiger partial charge in [0.15, 0.2) is 0 Å². The van der Waals surface area contributed by atoms with E-state index in [1.807, 2.05) is 20.8 Å². The predicted molar refractivity (Wildman–Crippen MR) is 108 cm³/mol. The summed E-state index contributed by atoms with van der Waals surface area (Å²) in [6, 6.07) is 0. The smallest absolute Gasteiger partial charge is 0.390 e. The lowest BCUT2D eigenvalue weighted by Gasteiger charge is -2.42. The van der Waals surface area contributed by atoms with Crippen molar-refractivity contribution >= 4 is 7.92 Å². The van der Waals surface area contributed by atoms with Gasteiger partial charge in [0.25, 0.3) is 5.66 Å². The monoisotopic (exact) mass is 452 g/mol. The largest absolute Gasteiger partial charge is 0.410 e. The van der Waals surface area contributed by atoms with Gasteiger partial charge in [0.1, 0.15) is 0 Å². The fraction of sp³-hybridized carbons (Fsp3) is 1.00. The Balaban J connectivity index is 5.41. The van der Waals surface area contributed by atoms with Gasteiger partial charge in [-0.1, -0.05) is 27.7 Å². The minimum Gasteiger partial charge on any atom is -0.390 e. The Morgan fingerprint density at radius 1 is 0.897 bits per heavy atom. The molecule has 1 N–H and O–H groups in total. The molecule has 0 aromatic carbocycles. The van der Waals surface area contributed by atoms with Crippen LogP contribution < -0.4 is 0 Å². The summed E-state index contributed by atoms with van der Waals surface area (Å²) in [7, 11) is -3.50. The zero-order valence-corrected chi connectivity index (χ0v) is 19.8. The summed E-state index contributed by atoms with van der Waals surface area (Å²) < 4.78 is 80.8. The minimum atomic E-state index is -4.93. The van der Waals surface area contributed by atoms with E-state index in [9.17, 15) is 27.1 Å². The first-order valence-corrected chi connectivity index (χ1v) is 11.5. The van der Waals surface area contributed by atoms with E-state index in [1.54, 1.807) is 13.8 Å². The van der Waals surface area contributed by atoms with Gasteiger partial charge in [-0.2, -0.15) is 13.2 Å². The van der Waals surface area contributed by atoms with E-state index >= 15 is 0 Å². The van der Waals surface area contributed by atoms with Gasteiger partial charge in [-0.25, -0.2) is 8.78 Å². The van der Waals surface area contributed by atoms with Gasteiger partial charge in [0, 0.05) is 5.41 Å². The first-order chi connectivity index (χ1) is 12.8. The molecule has 0 aliphatic rings. The predicted octanol–water partition coefficient (Wildman–Crippen LogP) is 6.63. The third-order valence-electron chi connectivity index (χ3n) is 4.96. The van der Waals surface area contributed by atoms with Gasteiger partial charge in [-0.05, 0) is 46.7 Å². The van der Waals surface area contributed by atoms with E-state index in [2.05, 4.69) is 0 Å². The van der Waals surface area contributed by atoms with Gasteiger partial charge in [-0.15, -0.1) is 0 Å². The van der Waals surface area contributed by atoms with E-state index in [4.69, 9.17) is 9.47 Å². The third kappa shape index (κ3) is 8.92. The van der Waals surface area contributed by atoms with Crippen LogP contribution in [0.1, 0.15) is 68.2 Å². The van der Waals surface area contributed by atoms with Crippen molar-refractivity contribution in [2.45, 2.75) is 91.5 Å². The van der Waals surface area contributed by atoms with Crippen LogP contribution in [-0.2, 0) is 9.47 Å². The molecule has 9 heteroatoms. The van der Waals surface area contributed by atoms with E-state index in [0.717, 1.165) is 13.8 Å². The fourth-order valence-corrected chi connectivity index (χ4v) is 5.29. The summed E-state index contributed by atoms with van der Waals surface area (Å²) in [6.07, 6.45) is -0.572. The Kier molecular flexibility index (Phi) is 10.5. The number of ether oxygens (including phenoxy) is 2. The van der Waals surface area contributed by atoms with Crippen LogP contribution in [0.5, 0.6) is 0 Å². The molecule has 0 amide bonds. The lowest BCUT2D eigenvalue weighted by atomic mass is 9.81. The van der Waals surface area contributed by atoms with Crippen molar-refractivity contribution in [3.8, 4) is 0 Å². The lowest BCUT2D eigenvalue weighted by molar-refractivity contribution is -0.125. The van der Waals surface area contributed by atoms with Crippen LogP contribution in [0, 0.1) is 10.8 Å². The average molecular weight is 452 g/mol. The SMILES string of the molecule is CCP(C(F)(F)F)C(F)(F)C(C)(CC)COCC(C)(COC(C)C)CC(C)(C)O. The van der Waals surface area contributed by atoms with Crippen molar-refractivity contribution in [1.82, 2.24) is 0 Å². The molecule has 0 saturated carbocycles. The molecule has 0 bridgehead atoms. The zero-order chi connectivity index (χ0) is 23.3. The summed E-state index contributed by atoms with van der Waals surface area (Å²) in [4.78, 5) is 0. The topological polar surface area (TPSA) is 38.7 Å². The quantitative estimate of drug-likeness (QED) is 0.252. The van der Waals surface area contributed by atoms with Crippen LogP contribution in [0.4, 0.5) is 22.0 Å². The number of hydrogen-bond acceptors (Lipinski definition) is 3. The number of alkyl halides is 5. The molecule has 0 aromatic heterocycles. The van der Waals surface area contributed by atoms with Gasteiger partial charge in [0.05, 0.1) is 44.9 Å². The second-order valence-electron chi connectivity index (χ2n) is 9.32. The molecule has 0 radical (unpaired) electrons. The summed E-state index contributed by atoms with van der Waals surface area (Å²) in [5, 5.41) is 10.2. The van der Waals surface area contributed by atoms with E-state index < -0.39 is 48.7 Å². The Labute approximate surface area is 173 Å². The number of hydrogen-bond donors (Lipinski definition) is 1. The molecule has 0 heterocycles. The van der Waals surface area contributed by atoms with Crippen LogP contribution in [-0.4, -0.2) is 54.4 Å². The maximum atomic E-state index is 14.9. The van der Waals surface area contributed by atoms with E-state index in [-0.39, 0.29) is 32.2 Å². The maximum absolute atomic E-state index is 14.9. The van der Waals surface area contributed by atoms with Crippen LogP contribution in [0.2, 0.25) is 0 Å². The molecule has 3 unspecified atom stereocenters. The van der Waals surface area contributed by atoms with Crippen molar-refractivity contribution in [2.24, 2.45) is 10.8 Å². The van der Waals surface area contributed by atoms with Gasteiger partial charge < -0.3 is 14.6 Å². The number of aliphatic hydroxyl groups is 1. The minimum absolute atomic E-state index is 0.00848. The molecule has 176 valence electrons. The van der Waals surface area contributed by atoms with Gasteiger partial charge in [0.2, 0.25) is 0 Å². The van der Waals surface area contributed by atoms with Crippen molar-refractivity contribution in [1.29, 1.82) is 0 Å². The standard InChI is InChI=1S/C20H38F5O3P/c1-9-18(8,19(21,22)29(10-2)20(23,24)25)14-27-12-17(7,11-16(5,6)26)13-28-15(3)4/h15,26H,9-14H2,1-8H3. The van der Waals surface area contributed by atoms with Crippen molar-refractivity contribution in [3.63, 3.8) is 0 Å². The molecule has 0 spiro atoms. The molecular weight excluding hydrogens is 414 g/mol. The summed E-state index contributed by atoms with van der Waals surface area (Å²) in [5.74, 6) is -4.93. The van der Waals surface area contributed by atoms with Crippen LogP contribution >= 0.6 is 7.92 Å². The molecular formula is C20H38F5O3P. The van der Waals surface area contributed by atoms with E-state index in [0.29, 0.717) is 0 Å². The molecule has 29 heavy (non-hydrogen) atoms. The first kappa shape index (κ1) is 29.0.